The summed E-state index contributed by atoms with van der Waals surface area (Å²) in [6.45, 7) is 0. The predicted octanol–water partition coefficient (Wildman–Crippen LogP) is 3.03. The molecule has 0 fully saturated rings. The minimum absolute atomic E-state index is 0.162. The lowest BCUT2D eigenvalue weighted by Crippen LogP contribution is -2.05. The number of rotatable bonds is 2. The predicted molar refractivity (Wildman–Crippen MR) is 71.6 cm³/mol. The van der Waals surface area contributed by atoms with E-state index in [1.165, 1.54) is 0 Å². The molecular weight excluding hydrogens is 244 g/mol. The van der Waals surface area contributed by atoms with Gasteiger partial charge in [-0.3, -0.25) is 4.79 Å². The van der Waals surface area contributed by atoms with Gasteiger partial charge in [-0.25, -0.2) is 4.21 Å². The molecule has 3 rings (SSSR count). The molecule has 0 spiro atoms. The molecule has 0 bridgehead atoms. The zero-order valence-electron chi connectivity index (χ0n) is 9.50. The minimum atomic E-state index is -1.35. The monoisotopic (exact) mass is 254 g/mol. The van der Waals surface area contributed by atoms with Crippen molar-refractivity contribution < 1.29 is 9.00 Å². The summed E-state index contributed by atoms with van der Waals surface area (Å²) < 4.78 is 12.2. The number of allylic oxidation sites excluding steroid dienone is 1. The van der Waals surface area contributed by atoms with Crippen molar-refractivity contribution in [3.63, 3.8) is 0 Å². The van der Waals surface area contributed by atoms with Crippen molar-refractivity contribution in [2.45, 2.75) is 4.90 Å². The Morgan fingerprint density at radius 3 is 2.28 bits per heavy atom. The van der Waals surface area contributed by atoms with Gasteiger partial charge in [-0.15, -0.1) is 0 Å². The molecule has 0 aromatic heterocycles. The number of Topliss-reactive ketones (excluding diaryl/α,β-unsaturated/α-hetero) is 1. The Morgan fingerprint density at radius 2 is 1.56 bits per heavy atom. The Bertz CT molecular complexity index is 672. The van der Waals surface area contributed by atoms with Gasteiger partial charge < -0.3 is 0 Å². The molecular formula is C15H10O2S. The van der Waals surface area contributed by atoms with Crippen LogP contribution in [0, 0.1) is 0 Å². The number of hydrogen-bond acceptors (Lipinski definition) is 2. The number of carbonyl (C=O) groups excluding carboxylic acids is 1. The van der Waals surface area contributed by atoms with Gasteiger partial charge in [0.1, 0.15) is 0 Å². The molecule has 0 amide bonds. The highest BCUT2D eigenvalue weighted by Crippen LogP contribution is 2.30. The van der Waals surface area contributed by atoms with Gasteiger partial charge in [0.25, 0.3) is 0 Å². The SMILES string of the molecule is O=C(C1=Cc2ccccc2S1=O)c1ccccc1. The molecule has 1 atom stereocenters. The third-order valence-electron chi connectivity index (χ3n) is 2.86. The van der Waals surface area contributed by atoms with Gasteiger partial charge in [0.05, 0.1) is 20.6 Å². The van der Waals surface area contributed by atoms with Crippen LogP contribution in [0.1, 0.15) is 15.9 Å². The lowest BCUT2D eigenvalue weighted by molar-refractivity contribution is 0.104. The molecule has 1 aliphatic rings. The highest BCUT2D eigenvalue weighted by molar-refractivity contribution is 7.90. The maximum absolute atomic E-state index is 12.3. The molecule has 0 saturated carbocycles. The molecule has 18 heavy (non-hydrogen) atoms. The highest BCUT2D eigenvalue weighted by Gasteiger charge is 2.26. The molecule has 0 aliphatic carbocycles. The van der Waals surface area contributed by atoms with Gasteiger partial charge >= 0.3 is 0 Å². The van der Waals surface area contributed by atoms with Crippen LogP contribution in [0.3, 0.4) is 0 Å². The quantitative estimate of drug-likeness (QED) is 0.772. The first kappa shape index (κ1) is 11.1. The molecule has 3 heteroatoms. The smallest absolute Gasteiger partial charge is 0.202 e. The van der Waals surface area contributed by atoms with Gasteiger partial charge in [0.15, 0.2) is 0 Å². The van der Waals surface area contributed by atoms with Gasteiger partial charge in [0, 0.05) is 5.56 Å². The summed E-state index contributed by atoms with van der Waals surface area (Å²) in [7, 11) is -1.35. The van der Waals surface area contributed by atoms with Crippen LogP contribution in [0.4, 0.5) is 0 Å². The van der Waals surface area contributed by atoms with Gasteiger partial charge in [-0.2, -0.15) is 0 Å². The Balaban J connectivity index is 2.02. The fourth-order valence-corrected chi connectivity index (χ4v) is 3.26. The maximum atomic E-state index is 12.3. The number of fused-ring (bicyclic) bond motifs is 1. The standard InChI is InChI=1S/C15H10O2S/c16-15(11-6-2-1-3-7-11)14-10-12-8-4-5-9-13(12)18(14)17/h1-10H. The minimum Gasteiger partial charge on any atom is -0.288 e. The first-order valence-electron chi connectivity index (χ1n) is 5.59. The second-order valence-electron chi connectivity index (χ2n) is 4.01. The van der Waals surface area contributed by atoms with Crippen LogP contribution < -0.4 is 0 Å². The first-order valence-corrected chi connectivity index (χ1v) is 6.74. The van der Waals surface area contributed by atoms with E-state index in [1.54, 1.807) is 36.4 Å². The Hall–Kier alpha value is -2.00. The largest absolute Gasteiger partial charge is 0.288 e. The summed E-state index contributed by atoms with van der Waals surface area (Å²) in [4.78, 5) is 13.3. The topological polar surface area (TPSA) is 34.1 Å². The van der Waals surface area contributed by atoms with Crippen LogP contribution in [0.5, 0.6) is 0 Å². The summed E-state index contributed by atoms with van der Waals surface area (Å²) in [6.07, 6.45) is 1.72. The van der Waals surface area contributed by atoms with Crippen LogP contribution >= 0.6 is 0 Å². The number of benzene rings is 2. The summed E-state index contributed by atoms with van der Waals surface area (Å²) >= 11 is 0. The third-order valence-corrected chi connectivity index (χ3v) is 4.34. The van der Waals surface area contributed by atoms with E-state index in [4.69, 9.17) is 0 Å². The van der Waals surface area contributed by atoms with E-state index in [9.17, 15) is 9.00 Å². The van der Waals surface area contributed by atoms with Crippen molar-refractivity contribution >= 4 is 22.7 Å². The van der Waals surface area contributed by atoms with E-state index in [-0.39, 0.29) is 5.78 Å². The van der Waals surface area contributed by atoms with E-state index in [2.05, 4.69) is 0 Å². The summed E-state index contributed by atoms with van der Waals surface area (Å²) in [6, 6.07) is 16.3. The molecule has 2 aromatic rings. The number of ketones is 1. The first-order chi connectivity index (χ1) is 8.77. The Kier molecular flexibility index (Phi) is 2.68. The summed E-state index contributed by atoms with van der Waals surface area (Å²) in [5, 5.41) is 0. The molecule has 0 N–H and O–H groups in total. The lowest BCUT2D eigenvalue weighted by atomic mass is 10.1. The normalized spacial score (nSPS) is 17.1. The van der Waals surface area contributed by atoms with Crippen molar-refractivity contribution in [1.29, 1.82) is 0 Å². The van der Waals surface area contributed by atoms with Gasteiger partial charge in [-0.1, -0.05) is 48.5 Å². The molecule has 88 valence electrons. The fraction of sp³-hybridized carbons (Fsp3) is 0. The molecule has 0 radical (unpaired) electrons. The van der Waals surface area contributed by atoms with E-state index in [0.717, 1.165) is 10.5 Å². The van der Waals surface area contributed by atoms with Crippen LogP contribution in [0.15, 0.2) is 64.4 Å². The summed E-state index contributed by atoms with van der Waals surface area (Å²) in [5.74, 6) is -0.162. The second-order valence-corrected chi connectivity index (χ2v) is 5.43. The maximum Gasteiger partial charge on any atom is 0.202 e. The number of carbonyl (C=O) groups is 1. The summed E-state index contributed by atoms with van der Waals surface area (Å²) in [5.41, 5.74) is 1.44. The van der Waals surface area contributed by atoms with Crippen molar-refractivity contribution in [3.8, 4) is 0 Å². The van der Waals surface area contributed by atoms with Crippen molar-refractivity contribution in [1.82, 2.24) is 0 Å². The fourth-order valence-electron chi connectivity index (χ4n) is 1.96. The molecule has 1 unspecified atom stereocenters. The molecule has 1 aliphatic heterocycles. The molecule has 2 aromatic carbocycles. The molecule has 0 saturated heterocycles. The van der Waals surface area contributed by atoms with Gasteiger partial charge in [-0.05, 0) is 17.7 Å². The van der Waals surface area contributed by atoms with Crippen LogP contribution in [0.2, 0.25) is 0 Å². The van der Waals surface area contributed by atoms with E-state index in [0.29, 0.717) is 10.5 Å². The van der Waals surface area contributed by atoms with Crippen LogP contribution in [-0.4, -0.2) is 9.99 Å². The number of hydrogen-bond donors (Lipinski definition) is 0. The zero-order valence-corrected chi connectivity index (χ0v) is 10.3. The van der Waals surface area contributed by atoms with E-state index < -0.39 is 10.8 Å². The van der Waals surface area contributed by atoms with Crippen LogP contribution in [0.25, 0.3) is 6.08 Å². The highest BCUT2D eigenvalue weighted by atomic mass is 32.2. The van der Waals surface area contributed by atoms with Gasteiger partial charge in [0.2, 0.25) is 5.78 Å². The molecule has 2 nitrogen and oxygen atoms in total. The zero-order chi connectivity index (χ0) is 12.5. The van der Waals surface area contributed by atoms with Crippen LogP contribution in [-0.2, 0) is 10.8 Å². The van der Waals surface area contributed by atoms with Crippen molar-refractivity contribution in [2.24, 2.45) is 0 Å². The van der Waals surface area contributed by atoms with Crippen molar-refractivity contribution in [2.75, 3.05) is 0 Å². The van der Waals surface area contributed by atoms with Crippen molar-refractivity contribution in [3.05, 3.63) is 70.6 Å². The Morgan fingerprint density at radius 1 is 0.889 bits per heavy atom. The second kappa shape index (κ2) is 4.35. The third kappa shape index (κ3) is 1.73. The molecule has 1 heterocycles. The lowest BCUT2D eigenvalue weighted by Gasteiger charge is -2.01. The van der Waals surface area contributed by atoms with E-state index >= 15 is 0 Å². The van der Waals surface area contributed by atoms with E-state index in [1.807, 2.05) is 24.3 Å². The Labute approximate surface area is 107 Å². The average Bonchev–Trinajstić information content (AvgIpc) is 2.77. The average molecular weight is 254 g/mol.